The molecule has 7 heteroatoms. The highest BCUT2D eigenvalue weighted by atomic mass is 19.3. The summed E-state index contributed by atoms with van der Waals surface area (Å²) in [6.07, 6.45) is -2.93. The van der Waals surface area contributed by atoms with Gasteiger partial charge in [0.1, 0.15) is 0 Å². The Bertz CT molecular complexity index is 766. The highest BCUT2D eigenvalue weighted by Crippen LogP contribution is 2.40. The van der Waals surface area contributed by atoms with Crippen LogP contribution < -0.4 is 5.32 Å². The van der Waals surface area contributed by atoms with E-state index >= 15 is 0 Å². The Hall–Kier alpha value is -2.70. The largest absolute Gasteiger partial charge is 0.466 e. The van der Waals surface area contributed by atoms with E-state index in [9.17, 15) is 18.4 Å². The van der Waals surface area contributed by atoms with Gasteiger partial charge in [0.15, 0.2) is 0 Å². The molecule has 1 aromatic carbocycles. The number of hydrogen-bond donors (Lipinski definition) is 1. The van der Waals surface area contributed by atoms with Crippen LogP contribution in [0.4, 0.5) is 8.78 Å². The summed E-state index contributed by atoms with van der Waals surface area (Å²) >= 11 is 0. The summed E-state index contributed by atoms with van der Waals surface area (Å²) in [5.41, 5.74) is 0.960. The minimum absolute atomic E-state index is 0.112. The maximum Gasteiger partial charge on any atom is 0.336 e. The zero-order chi connectivity index (χ0) is 19.4. The number of dihydropyridines is 1. The van der Waals surface area contributed by atoms with Crippen molar-refractivity contribution in [2.45, 2.75) is 33.1 Å². The maximum atomic E-state index is 13.6. The highest BCUT2D eigenvalue weighted by Gasteiger charge is 2.40. The van der Waals surface area contributed by atoms with Gasteiger partial charge in [-0.1, -0.05) is 29.8 Å². The average molecular weight is 365 g/mol. The Morgan fingerprint density at radius 2 is 1.73 bits per heavy atom. The molecule has 0 aromatic heterocycles. The number of ether oxygens (including phenoxy) is 2. The Kier molecular flexibility index (Phi) is 6.13. The zero-order valence-electron chi connectivity index (χ0n) is 15.1. The van der Waals surface area contributed by atoms with Crippen molar-refractivity contribution in [3.05, 3.63) is 57.9 Å². The molecule has 0 spiro atoms. The van der Waals surface area contributed by atoms with Crippen LogP contribution in [0, 0.1) is 6.92 Å². The van der Waals surface area contributed by atoms with Crippen LogP contribution in [0.15, 0.2) is 46.8 Å². The molecule has 1 aliphatic heterocycles. The number of aryl methyl sites for hydroxylation is 1. The van der Waals surface area contributed by atoms with Gasteiger partial charge >= 0.3 is 11.9 Å². The molecule has 2 rings (SSSR count). The molecule has 1 aromatic rings. The first-order valence-electron chi connectivity index (χ1n) is 8.13. The first-order chi connectivity index (χ1) is 12.3. The lowest BCUT2D eigenvalue weighted by Gasteiger charge is -2.31. The predicted octanol–water partition coefficient (Wildman–Crippen LogP) is 3.21. The van der Waals surface area contributed by atoms with Gasteiger partial charge in [-0.25, -0.2) is 18.4 Å². The van der Waals surface area contributed by atoms with Crippen molar-refractivity contribution in [2.24, 2.45) is 0 Å². The van der Waals surface area contributed by atoms with E-state index in [0.717, 1.165) is 12.7 Å². The van der Waals surface area contributed by atoms with Gasteiger partial charge in [0.2, 0.25) is 0 Å². The predicted molar refractivity (Wildman–Crippen MR) is 91.4 cm³/mol. The SMILES string of the molecule is CCOC(=O)C1=C(C)NC(C(F)F)=C(C(=O)OC)C1c1ccc(C)cc1. The number of methoxy groups -OCH3 is 1. The second-order valence-electron chi connectivity index (χ2n) is 5.85. The van der Waals surface area contributed by atoms with Crippen molar-refractivity contribution in [1.29, 1.82) is 0 Å². The molecule has 26 heavy (non-hydrogen) atoms. The summed E-state index contributed by atoms with van der Waals surface area (Å²) in [4.78, 5) is 24.8. The molecule has 0 amide bonds. The third-order valence-electron chi connectivity index (χ3n) is 4.12. The Morgan fingerprint density at radius 1 is 1.12 bits per heavy atom. The number of nitrogens with one attached hydrogen (secondary N) is 1. The fourth-order valence-corrected chi connectivity index (χ4v) is 2.93. The van der Waals surface area contributed by atoms with E-state index in [0.29, 0.717) is 5.56 Å². The summed E-state index contributed by atoms with van der Waals surface area (Å²) in [6.45, 7) is 5.15. The van der Waals surface area contributed by atoms with Gasteiger partial charge in [0.25, 0.3) is 6.43 Å². The molecule has 0 saturated carbocycles. The molecule has 5 nitrogen and oxygen atoms in total. The molecule has 0 bridgehead atoms. The van der Waals surface area contributed by atoms with Gasteiger partial charge in [-0.3, -0.25) is 0 Å². The fraction of sp³-hybridized carbons (Fsp3) is 0.368. The number of hydrogen-bond acceptors (Lipinski definition) is 5. The Labute approximate surface area is 150 Å². The Morgan fingerprint density at radius 3 is 2.23 bits per heavy atom. The van der Waals surface area contributed by atoms with E-state index in [1.807, 2.05) is 6.92 Å². The van der Waals surface area contributed by atoms with E-state index in [1.165, 1.54) is 6.92 Å². The monoisotopic (exact) mass is 365 g/mol. The number of esters is 2. The zero-order valence-corrected chi connectivity index (χ0v) is 15.1. The summed E-state index contributed by atoms with van der Waals surface area (Å²) in [5, 5.41) is 2.49. The molecule has 1 heterocycles. The Balaban J connectivity index is 2.73. The van der Waals surface area contributed by atoms with Crippen molar-refractivity contribution in [3.63, 3.8) is 0 Å². The van der Waals surface area contributed by atoms with Crippen LogP contribution in [0.5, 0.6) is 0 Å². The average Bonchev–Trinajstić information content (AvgIpc) is 2.60. The van der Waals surface area contributed by atoms with Gasteiger partial charge in [0, 0.05) is 5.70 Å². The van der Waals surface area contributed by atoms with E-state index in [-0.39, 0.29) is 23.5 Å². The second kappa shape index (κ2) is 8.12. The summed E-state index contributed by atoms with van der Waals surface area (Å²) in [5.74, 6) is -2.60. The molecule has 1 atom stereocenters. The lowest BCUT2D eigenvalue weighted by atomic mass is 9.80. The topological polar surface area (TPSA) is 64.6 Å². The van der Waals surface area contributed by atoms with Crippen molar-refractivity contribution in [2.75, 3.05) is 13.7 Å². The van der Waals surface area contributed by atoms with Crippen molar-refractivity contribution < 1.29 is 27.8 Å². The number of halogens is 2. The third-order valence-corrected chi connectivity index (χ3v) is 4.12. The van der Waals surface area contributed by atoms with Gasteiger partial charge in [-0.05, 0) is 26.3 Å². The standard InChI is InChI=1S/C19H21F2NO4/c1-5-26-19(24)13-11(3)22-16(17(20)21)15(18(23)25-4)14(13)12-8-6-10(2)7-9-12/h6-9,14,17,22H,5H2,1-4H3. The lowest BCUT2D eigenvalue weighted by Crippen LogP contribution is -2.35. The minimum atomic E-state index is -2.93. The van der Waals surface area contributed by atoms with Gasteiger partial charge < -0.3 is 14.8 Å². The van der Waals surface area contributed by atoms with Crippen LogP contribution in [0.1, 0.15) is 30.9 Å². The maximum absolute atomic E-state index is 13.6. The number of carbonyl (C=O) groups excluding carboxylic acids is 2. The summed E-state index contributed by atoms with van der Waals surface area (Å²) in [7, 11) is 1.11. The van der Waals surface area contributed by atoms with Crippen molar-refractivity contribution in [1.82, 2.24) is 5.32 Å². The van der Waals surface area contributed by atoms with E-state index in [4.69, 9.17) is 9.47 Å². The van der Waals surface area contributed by atoms with E-state index < -0.39 is 30.0 Å². The van der Waals surface area contributed by atoms with Crippen LogP contribution >= 0.6 is 0 Å². The molecule has 1 aliphatic rings. The smallest absolute Gasteiger partial charge is 0.336 e. The molecule has 0 radical (unpaired) electrons. The van der Waals surface area contributed by atoms with Gasteiger partial charge in [-0.15, -0.1) is 0 Å². The van der Waals surface area contributed by atoms with E-state index in [1.54, 1.807) is 31.2 Å². The molecular weight excluding hydrogens is 344 g/mol. The third kappa shape index (κ3) is 3.76. The molecular formula is C19H21F2NO4. The van der Waals surface area contributed by atoms with Crippen LogP contribution in [0.3, 0.4) is 0 Å². The molecule has 1 N–H and O–H groups in total. The molecule has 0 saturated heterocycles. The normalized spacial score (nSPS) is 17.3. The quantitative estimate of drug-likeness (QED) is 0.812. The summed E-state index contributed by atoms with van der Waals surface area (Å²) in [6, 6.07) is 6.96. The number of rotatable bonds is 5. The van der Waals surface area contributed by atoms with Crippen LogP contribution in [-0.2, 0) is 19.1 Å². The number of alkyl halides is 2. The lowest BCUT2D eigenvalue weighted by molar-refractivity contribution is -0.139. The minimum Gasteiger partial charge on any atom is -0.466 e. The highest BCUT2D eigenvalue weighted by molar-refractivity contribution is 6.00. The molecule has 0 aliphatic carbocycles. The van der Waals surface area contributed by atoms with Crippen LogP contribution in [-0.4, -0.2) is 32.1 Å². The fourth-order valence-electron chi connectivity index (χ4n) is 2.93. The molecule has 0 fully saturated rings. The molecule has 1 unspecified atom stereocenters. The van der Waals surface area contributed by atoms with Crippen LogP contribution in [0.25, 0.3) is 0 Å². The first-order valence-corrected chi connectivity index (χ1v) is 8.13. The second-order valence-corrected chi connectivity index (χ2v) is 5.85. The summed E-state index contributed by atoms with van der Waals surface area (Å²) < 4.78 is 37.0. The van der Waals surface area contributed by atoms with E-state index in [2.05, 4.69) is 5.32 Å². The van der Waals surface area contributed by atoms with Crippen molar-refractivity contribution >= 4 is 11.9 Å². The van der Waals surface area contributed by atoms with Crippen molar-refractivity contribution in [3.8, 4) is 0 Å². The number of benzene rings is 1. The number of allylic oxidation sites excluding steroid dienone is 2. The molecule has 140 valence electrons. The van der Waals surface area contributed by atoms with Crippen LogP contribution in [0.2, 0.25) is 0 Å². The van der Waals surface area contributed by atoms with Gasteiger partial charge in [-0.2, -0.15) is 0 Å². The number of carbonyl (C=O) groups is 2. The van der Waals surface area contributed by atoms with Gasteiger partial charge in [0.05, 0.1) is 36.5 Å². The first kappa shape index (κ1) is 19.6.